The Morgan fingerprint density at radius 1 is 1.20 bits per heavy atom. The summed E-state index contributed by atoms with van der Waals surface area (Å²) in [6, 6.07) is 10.3. The summed E-state index contributed by atoms with van der Waals surface area (Å²) in [7, 11) is 0. The molecule has 3 aliphatic rings. The summed E-state index contributed by atoms with van der Waals surface area (Å²) in [6.45, 7) is 4.49. The molecule has 2 atom stereocenters. The minimum atomic E-state index is 0.165. The van der Waals surface area contributed by atoms with E-state index in [2.05, 4.69) is 32.0 Å². The fraction of sp³-hybridized carbons (Fsp3) is 0.353. The fourth-order valence-electron chi connectivity index (χ4n) is 3.67. The van der Waals surface area contributed by atoms with Crippen LogP contribution in [0.3, 0.4) is 0 Å². The van der Waals surface area contributed by atoms with Gasteiger partial charge in [-0.3, -0.25) is 0 Å². The molecule has 0 unspecified atom stereocenters. The van der Waals surface area contributed by atoms with Gasteiger partial charge in [-0.1, -0.05) is 0 Å². The fourth-order valence-corrected chi connectivity index (χ4v) is 6.36. The van der Waals surface area contributed by atoms with E-state index in [1.165, 1.54) is 15.6 Å². The molecule has 0 N–H and O–H groups in total. The molecule has 5 rings (SSSR count). The molecular weight excluding hydrogens is 335 g/mol. The van der Waals surface area contributed by atoms with Gasteiger partial charge in [-0.2, -0.15) is 0 Å². The molecule has 0 amide bonds. The number of carbonyl (C=O) groups excluding carboxylic acids is 1. The van der Waals surface area contributed by atoms with Gasteiger partial charge in [-0.25, -0.2) is 0 Å². The van der Waals surface area contributed by atoms with Gasteiger partial charge in [0.1, 0.15) is 0 Å². The second-order valence-corrected chi connectivity index (χ2v) is 9.07. The van der Waals surface area contributed by atoms with Gasteiger partial charge in [0.15, 0.2) is 0 Å². The molecule has 1 aromatic heterocycles. The number of rotatable bonds is 1. The molecule has 20 heavy (non-hydrogen) atoms. The van der Waals surface area contributed by atoms with Crippen molar-refractivity contribution in [1.29, 1.82) is 0 Å². The van der Waals surface area contributed by atoms with Crippen LogP contribution in [0, 0.1) is 11.3 Å². The van der Waals surface area contributed by atoms with Crippen LogP contribution < -0.4 is 0 Å². The molecule has 3 aliphatic carbocycles. The first-order chi connectivity index (χ1) is 9.48. The van der Waals surface area contributed by atoms with Crippen molar-refractivity contribution in [3.63, 3.8) is 0 Å². The SMILES string of the molecule is CC1(C)[C@@H]2C[C@H]1c1cc(-c3ccc(Cl)cc3)[se]c1C2=O. The summed E-state index contributed by atoms with van der Waals surface area (Å²) in [4.78, 5) is 12.6. The molecule has 2 bridgehead atoms. The van der Waals surface area contributed by atoms with Crippen LogP contribution in [0.4, 0.5) is 0 Å². The van der Waals surface area contributed by atoms with E-state index in [9.17, 15) is 4.79 Å². The van der Waals surface area contributed by atoms with Crippen molar-refractivity contribution in [1.82, 2.24) is 0 Å². The first-order valence-corrected chi connectivity index (χ1v) is 9.01. The van der Waals surface area contributed by atoms with Crippen LogP contribution in [0.2, 0.25) is 5.02 Å². The predicted octanol–water partition coefficient (Wildman–Crippen LogP) is 4.39. The number of halogens is 1. The van der Waals surface area contributed by atoms with Crippen molar-refractivity contribution in [2.75, 3.05) is 0 Å². The zero-order chi connectivity index (χ0) is 14.1. The molecule has 1 heterocycles. The summed E-state index contributed by atoms with van der Waals surface area (Å²) in [5.41, 5.74) is 2.72. The van der Waals surface area contributed by atoms with Crippen LogP contribution in [0.5, 0.6) is 0 Å². The molecular formula is C17H15ClOSe. The molecule has 0 saturated heterocycles. The summed E-state index contributed by atoms with van der Waals surface area (Å²) < 4.78 is 2.47. The van der Waals surface area contributed by atoms with Crippen molar-refractivity contribution in [3.05, 3.63) is 45.4 Å². The van der Waals surface area contributed by atoms with Crippen molar-refractivity contribution in [2.45, 2.75) is 26.2 Å². The first-order valence-electron chi connectivity index (χ1n) is 6.92. The number of Topliss-reactive ketones (excluding diaryl/α,β-unsaturated/α-hetero) is 1. The molecule has 1 aromatic carbocycles. The van der Waals surface area contributed by atoms with E-state index >= 15 is 0 Å². The van der Waals surface area contributed by atoms with Gasteiger partial charge in [0.05, 0.1) is 0 Å². The zero-order valence-corrected chi connectivity index (χ0v) is 13.9. The zero-order valence-electron chi connectivity index (χ0n) is 11.4. The van der Waals surface area contributed by atoms with Crippen molar-refractivity contribution in [3.8, 4) is 10.0 Å². The molecule has 102 valence electrons. The Hall–Kier alpha value is -0.821. The van der Waals surface area contributed by atoms with E-state index in [1.54, 1.807) is 0 Å². The van der Waals surface area contributed by atoms with E-state index < -0.39 is 0 Å². The van der Waals surface area contributed by atoms with E-state index in [-0.39, 0.29) is 25.8 Å². The molecule has 0 radical (unpaired) electrons. The number of benzene rings is 1. The molecule has 1 nitrogen and oxygen atoms in total. The number of hydrogen-bond donors (Lipinski definition) is 0. The Bertz CT molecular complexity index is 711. The molecule has 1 fully saturated rings. The summed E-state index contributed by atoms with van der Waals surface area (Å²) in [5, 5.41) is 0.761. The third-order valence-electron chi connectivity index (χ3n) is 5.07. The van der Waals surface area contributed by atoms with Gasteiger partial charge in [-0.15, -0.1) is 0 Å². The molecule has 3 heteroatoms. The van der Waals surface area contributed by atoms with E-state index in [0.29, 0.717) is 11.7 Å². The van der Waals surface area contributed by atoms with E-state index in [1.807, 2.05) is 12.1 Å². The average molecular weight is 350 g/mol. The van der Waals surface area contributed by atoms with Crippen LogP contribution >= 0.6 is 11.6 Å². The Kier molecular flexibility index (Phi) is 2.64. The number of ketones is 1. The van der Waals surface area contributed by atoms with Gasteiger partial charge in [0, 0.05) is 0 Å². The van der Waals surface area contributed by atoms with Gasteiger partial charge >= 0.3 is 130 Å². The second kappa shape index (κ2) is 4.10. The Balaban J connectivity index is 1.82. The van der Waals surface area contributed by atoms with Gasteiger partial charge in [0.25, 0.3) is 0 Å². The predicted molar refractivity (Wildman–Crippen MR) is 82.8 cm³/mol. The van der Waals surface area contributed by atoms with Gasteiger partial charge < -0.3 is 0 Å². The first kappa shape index (κ1) is 12.9. The van der Waals surface area contributed by atoms with Gasteiger partial charge in [0.2, 0.25) is 0 Å². The Labute approximate surface area is 129 Å². The quantitative estimate of drug-likeness (QED) is 0.698. The third-order valence-corrected chi connectivity index (χ3v) is 7.87. The topological polar surface area (TPSA) is 17.1 Å². The van der Waals surface area contributed by atoms with Crippen LogP contribution in [0.25, 0.3) is 10.0 Å². The summed E-state index contributed by atoms with van der Waals surface area (Å²) >= 11 is 6.13. The Morgan fingerprint density at radius 3 is 2.55 bits per heavy atom. The second-order valence-electron chi connectivity index (χ2n) is 6.43. The summed E-state index contributed by atoms with van der Waals surface area (Å²) in [5.74, 6) is 1.28. The van der Waals surface area contributed by atoms with Crippen molar-refractivity contribution < 1.29 is 4.79 Å². The van der Waals surface area contributed by atoms with Crippen LogP contribution in [-0.2, 0) is 0 Å². The molecule has 1 saturated carbocycles. The normalized spacial score (nSPS) is 26.1. The van der Waals surface area contributed by atoms with Crippen molar-refractivity contribution in [2.24, 2.45) is 11.3 Å². The monoisotopic (exact) mass is 350 g/mol. The van der Waals surface area contributed by atoms with Crippen LogP contribution in [0.15, 0.2) is 30.3 Å². The maximum absolute atomic E-state index is 12.6. The third kappa shape index (κ3) is 1.59. The average Bonchev–Trinajstić information content (AvgIpc) is 2.84. The number of hydrogen-bond acceptors (Lipinski definition) is 1. The maximum atomic E-state index is 12.6. The summed E-state index contributed by atoms with van der Waals surface area (Å²) in [6.07, 6.45) is 1.06. The Morgan fingerprint density at radius 2 is 1.90 bits per heavy atom. The van der Waals surface area contributed by atoms with Gasteiger partial charge in [-0.05, 0) is 0 Å². The minimum absolute atomic E-state index is 0.165. The van der Waals surface area contributed by atoms with E-state index in [4.69, 9.17) is 11.6 Å². The van der Waals surface area contributed by atoms with E-state index in [0.717, 1.165) is 15.9 Å². The molecule has 0 aliphatic heterocycles. The molecule has 0 spiro atoms. The van der Waals surface area contributed by atoms with Crippen LogP contribution in [0.1, 0.15) is 41.0 Å². The molecule has 2 aromatic rings. The standard InChI is InChI=1S/C17H15ClOSe/c1-17(2)12-8-13(17)15(19)16-11(12)7-14(20-16)9-3-5-10(18)6-4-9/h3-7,12-13H,8H2,1-2H3/t12-,13+/m0/s1. The number of carbonyl (C=O) groups is 1. The van der Waals surface area contributed by atoms with Crippen molar-refractivity contribution >= 4 is 31.9 Å². The van der Waals surface area contributed by atoms with Crippen LogP contribution in [-0.4, -0.2) is 20.3 Å².